The smallest absolute Gasteiger partial charge is 0.348 e. The Hall–Kier alpha value is -3.19. The van der Waals surface area contributed by atoms with Crippen molar-refractivity contribution in [2.75, 3.05) is 23.8 Å². The summed E-state index contributed by atoms with van der Waals surface area (Å²) in [6.45, 7) is 6.61. The molecule has 156 valence electrons. The number of rotatable bonds is 3. The van der Waals surface area contributed by atoms with E-state index in [9.17, 15) is 9.59 Å². The Morgan fingerprint density at radius 3 is 2.63 bits per heavy atom. The van der Waals surface area contributed by atoms with Gasteiger partial charge in [-0.05, 0) is 61.4 Å². The van der Waals surface area contributed by atoms with Crippen LogP contribution < -0.4 is 10.6 Å². The average molecular weight is 424 g/mol. The number of aromatic nitrogens is 1. The highest BCUT2D eigenvalue weighted by molar-refractivity contribution is 7.17. The third kappa shape index (κ3) is 4.21. The Balaban J connectivity index is 0.00000124. The van der Waals surface area contributed by atoms with Crippen LogP contribution in [-0.4, -0.2) is 30.0 Å². The van der Waals surface area contributed by atoms with E-state index >= 15 is 0 Å². The SMILES string of the molecule is CC.CCOC(=O)c1cc2c(s1)-c1ncccc1N(C(=O)c1ccc(N)cc1)CC2. The molecule has 7 heteroatoms. The number of nitrogens with zero attached hydrogens (tertiary/aromatic N) is 2. The van der Waals surface area contributed by atoms with E-state index in [1.807, 2.05) is 32.0 Å². The summed E-state index contributed by atoms with van der Waals surface area (Å²) < 4.78 is 5.13. The highest BCUT2D eigenvalue weighted by atomic mass is 32.1. The van der Waals surface area contributed by atoms with E-state index < -0.39 is 0 Å². The number of esters is 1. The van der Waals surface area contributed by atoms with Crippen molar-refractivity contribution in [3.63, 3.8) is 0 Å². The van der Waals surface area contributed by atoms with Gasteiger partial charge in [-0.1, -0.05) is 13.8 Å². The zero-order valence-corrected chi connectivity index (χ0v) is 18.2. The number of anilines is 2. The summed E-state index contributed by atoms with van der Waals surface area (Å²) in [6.07, 6.45) is 2.33. The van der Waals surface area contributed by atoms with Gasteiger partial charge in [0.25, 0.3) is 5.91 Å². The van der Waals surface area contributed by atoms with E-state index in [4.69, 9.17) is 10.5 Å². The van der Waals surface area contributed by atoms with Gasteiger partial charge in [0, 0.05) is 24.0 Å². The minimum Gasteiger partial charge on any atom is -0.462 e. The molecule has 1 aromatic carbocycles. The highest BCUT2D eigenvalue weighted by Crippen LogP contribution is 2.40. The van der Waals surface area contributed by atoms with Gasteiger partial charge in [0.15, 0.2) is 0 Å². The number of carbonyl (C=O) groups is 2. The first-order valence-corrected chi connectivity index (χ1v) is 10.8. The van der Waals surface area contributed by atoms with Crippen molar-refractivity contribution < 1.29 is 14.3 Å². The molecule has 6 nitrogen and oxygen atoms in total. The summed E-state index contributed by atoms with van der Waals surface area (Å²) in [4.78, 5) is 33.0. The summed E-state index contributed by atoms with van der Waals surface area (Å²) >= 11 is 1.36. The Kier molecular flexibility index (Phi) is 6.84. The number of benzene rings is 1. The van der Waals surface area contributed by atoms with Gasteiger partial charge in [-0.3, -0.25) is 9.78 Å². The molecule has 0 saturated heterocycles. The third-order valence-corrected chi connectivity index (χ3v) is 5.75. The lowest BCUT2D eigenvalue weighted by Gasteiger charge is -2.22. The number of carbonyl (C=O) groups excluding carboxylic acids is 2. The average Bonchev–Trinajstić information content (AvgIpc) is 3.14. The van der Waals surface area contributed by atoms with Crippen molar-refractivity contribution in [3.8, 4) is 10.6 Å². The summed E-state index contributed by atoms with van der Waals surface area (Å²) in [7, 11) is 0. The van der Waals surface area contributed by atoms with Gasteiger partial charge in [-0.25, -0.2) is 4.79 Å². The van der Waals surface area contributed by atoms with E-state index in [-0.39, 0.29) is 11.9 Å². The van der Waals surface area contributed by atoms with Gasteiger partial charge in [-0.15, -0.1) is 11.3 Å². The Labute approximate surface area is 180 Å². The topological polar surface area (TPSA) is 85.5 Å². The molecule has 0 fully saturated rings. The summed E-state index contributed by atoms with van der Waals surface area (Å²) in [5.74, 6) is -0.428. The zero-order valence-electron chi connectivity index (χ0n) is 17.3. The lowest BCUT2D eigenvalue weighted by molar-refractivity contribution is 0.0532. The van der Waals surface area contributed by atoms with Crippen molar-refractivity contribution >= 4 is 34.6 Å². The van der Waals surface area contributed by atoms with Gasteiger partial charge >= 0.3 is 5.97 Å². The Bertz CT molecular complexity index is 1040. The molecule has 0 atom stereocenters. The number of ether oxygens (including phenoxy) is 1. The fraction of sp³-hybridized carbons (Fsp3) is 0.261. The van der Waals surface area contributed by atoms with Crippen LogP contribution in [-0.2, 0) is 11.2 Å². The molecular formula is C23H25N3O3S. The number of thiophene rings is 1. The maximum absolute atomic E-state index is 13.1. The molecule has 0 unspecified atom stereocenters. The van der Waals surface area contributed by atoms with Crippen LogP contribution in [0.15, 0.2) is 48.7 Å². The minimum atomic E-state index is -0.326. The number of hydrogen-bond acceptors (Lipinski definition) is 6. The van der Waals surface area contributed by atoms with E-state index in [0.717, 1.165) is 16.1 Å². The fourth-order valence-electron chi connectivity index (χ4n) is 3.25. The summed E-state index contributed by atoms with van der Waals surface area (Å²) in [5, 5.41) is 0. The van der Waals surface area contributed by atoms with Gasteiger partial charge in [0.2, 0.25) is 0 Å². The van der Waals surface area contributed by atoms with Crippen molar-refractivity contribution in [3.05, 3.63) is 64.7 Å². The van der Waals surface area contributed by atoms with Crippen LogP contribution in [0.25, 0.3) is 10.6 Å². The summed E-state index contributed by atoms with van der Waals surface area (Å²) in [5.41, 5.74) is 9.37. The van der Waals surface area contributed by atoms with Crippen molar-refractivity contribution in [2.45, 2.75) is 27.2 Å². The number of pyridine rings is 1. The number of amides is 1. The number of fused-ring (bicyclic) bond motifs is 3. The second kappa shape index (κ2) is 9.54. The molecule has 1 aliphatic heterocycles. The Morgan fingerprint density at radius 1 is 1.20 bits per heavy atom. The molecule has 1 aliphatic rings. The summed E-state index contributed by atoms with van der Waals surface area (Å²) in [6, 6.07) is 12.5. The van der Waals surface area contributed by atoms with Crippen LogP contribution in [0.3, 0.4) is 0 Å². The van der Waals surface area contributed by atoms with Crippen LogP contribution in [0.2, 0.25) is 0 Å². The molecule has 1 amide bonds. The van der Waals surface area contributed by atoms with Crippen molar-refractivity contribution in [1.29, 1.82) is 0 Å². The van der Waals surface area contributed by atoms with E-state index in [1.54, 1.807) is 42.3 Å². The molecule has 4 rings (SSSR count). The number of hydrogen-bond donors (Lipinski definition) is 1. The largest absolute Gasteiger partial charge is 0.462 e. The molecule has 0 saturated carbocycles. The molecule has 3 aromatic rings. The molecule has 0 spiro atoms. The maximum Gasteiger partial charge on any atom is 0.348 e. The second-order valence-electron chi connectivity index (χ2n) is 6.39. The van der Waals surface area contributed by atoms with Crippen LogP contribution >= 0.6 is 11.3 Å². The second-order valence-corrected chi connectivity index (χ2v) is 7.44. The number of nitrogen functional groups attached to an aromatic ring is 1. The Morgan fingerprint density at radius 2 is 1.93 bits per heavy atom. The van der Waals surface area contributed by atoms with Gasteiger partial charge in [0.1, 0.15) is 10.6 Å². The molecular weight excluding hydrogens is 398 g/mol. The standard InChI is InChI=1S/C21H19N3O3S.C2H6/c1-2-27-21(26)17-12-14-9-11-24(20(25)13-5-7-15(22)8-6-13)16-4-3-10-23-18(16)19(14)28-17;1-2/h3-8,10,12H,2,9,11,22H2,1H3;1-2H3. The van der Waals surface area contributed by atoms with Crippen LogP contribution in [0.5, 0.6) is 0 Å². The van der Waals surface area contributed by atoms with Gasteiger partial charge in [-0.2, -0.15) is 0 Å². The monoisotopic (exact) mass is 423 g/mol. The predicted octanol–water partition coefficient (Wildman–Crippen LogP) is 4.80. The number of nitrogens with two attached hydrogens (primary N) is 1. The molecule has 0 aliphatic carbocycles. The predicted molar refractivity (Wildman–Crippen MR) is 121 cm³/mol. The first-order chi connectivity index (χ1) is 14.6. The van der Waals surface area contributed by atoms with E-state index in [2.05, 4.69) is 4.98 Å². The highest BCUT2D eigenvalue weighted by Gasteiger charge is 2.28. The lowest BCUT2D eigenvalue weighted by Crippen LogP contribution is -2.32. The fourth-order valence-corrected chi connectivity index (χ4v) is 4.36. The third-order valence-electron chi connectivity index (χ3n) is 4.59. The van der Waals surface area contributed by atoms with Crippen molar-refractivity contribution in [2.24, 2.45) is 0 Å². The van der Waals surface area contributed by atoms with Gasteiger partial charge in [0.05, 0.1) is 17.2 Å². The minimum absolute atomic E-state index is 0.102. The molecule has 3 heterocycles. The zero-order chi connectivity index (χ0) is 21.7. The maximum atomic E-state index is 13.1. The van der Waals surface area contributed by atoms with Crippen LogP contribution in [0.1, 0.15) is 46.4 Å². The van der Waals surface area contributed by atoms with Gasteiger partial charge < -0.3 is 15.4 Å². The molecule has 0 radical (unpaired) electrons. The van der Waals surface area contributed by atoms with Crippen LogP contribution in [0.4, 0.5) is 11.4 Å². The lowest BCUT2D eigenvalue weighted by atomic mass is 10.1. The quantitative estimate of drug-likeness (QED) is 0.483. The van der Waals surface area contributed by atoms with E-state index in [0.29, 0.717) is 41.4 Å². The van der Waals surface area contributed by atoms with E-state index in [1.165, 1.54) is 11.3 Å². The molecule has 2 aromatic heterocycles. The molecule has 2 N–H and O–H groups in total. The van der Waals surface area contributed by atoms with Crippen molar-refractivity contribution in [1.82, 2.24) is 4.98 Å². The first-order valence-electron chi connectivity index (χ1n) is 10.0. The molecule has 0 bridgehead atoms. The molecule has 30 heavy (non-hydrogen) atoms. The first kappa shape index (κ1) is 21.5. The normalized spacial score (nSPS) is 12.0. The van der Waals surface area contributed by atoms with Crippen LogP contribution in [0, 0.1) is 0 Å².